The number of ketones is 1. The van der Waals surface area contributed by atoms with E-state index in [0.717, 1.165) is 5.56 Å². The number of aromatic nitrogens is 1. The highest BCUT2D eigenvalue weighted by Gasteiger charge is 2.15. The molecule has 1 aliphatic heterocycles. The molecule has 78 valence electrons. The highest BCUT2D eigenvalue weighted by molar-refractivity contribution is 6.00. The molecular weight excluding hydrogens is 194 g/mol. The Bertz CT molecular complexity index is 511. The zero-order chi connectivity index (χ0) is 11.0. The second-order valence-electron chi connectivity index (χ2n) is 3.53. The van der Waals surface area contributed by atoms with Crippen molar-refractivity contribution >= 4 is 11.9 Å². The number of rotatable bonds is 0. The molecule has 0 N–H and O–H groups in total. The van der Waals surface area contributed by atoms with Gasteiger partial charge < -0.3 is 4.74 Å². The maximum Gasteiger partial charge on any atom is 0.253 e. The van der Waals surface area contributed by atoms with Crippen molar-refractivity contribution in [1.82, 2.24) is 4.57 Å². The van der Waals surface area contributed by atoms with Gasteiger partial charge in [-0.1, -0.05) is 0 Å². The fourth-order valence-electron chi connectivity index (χ4n) is 1.49. The summed E-state index contributed by atoms with van der Waals surface area (Å²) >= 11 is 0. The van der Waals surface area contributed by atoms with Crippen LogP contribution >= 0.6 is 0 Å². The fourth-order valence-corrected chi connectivity index (χ4v) is 1.49. The summed E-state index contributed by atoms with van der Waals surface area (Å²) in [5.41, 5.74) is 1.27. The molecule has 1 aliphatic rings. The van der Waals surface area contributed by atoms with Gasteiger partial charge in [0, 0.05) is 18.7 Å². The molecule has 0 aromatic carbocycles. The van der Waals surface area contributed by atoms with Crippen LogP contribution in [0.2, 0.25) is 0 Å². The molecule has 0 bridgehead atoms. The molecule has 1 aromatic rings. The number of carbonyl (C=O) groups is 1. The number of nitrogens with zero attached hydrogens (tertiary/aromatic N) is 1. The van der Waals surface area contributed by atoms with Crippen molar-refractivity contribution in [3.8, 4) is 5.88 Å². The number of hydrogen-bond acceptors (Lipinski definition) is 3. The summed E-state index contributed by atoms with van der Waals surface area (Å²) in [4.78, 5) is 22.7. The van der Waals surface area contributed by atoms with Crippen molar-refractivity contribution < 1.29 is 9.53 Å². The summed E-state index contributed by atoms with van der Waals surface area (Å²) in [6, 6.07) is 3.13. The van der Waals surface area contributed by atoms with Gasteiger partial charge in [0.05, 0.1) is 0 Å². The third-order valence-electron chi connectivity index (χ3n) is 2.44. The first-order chi connectivity index (χ1) is 7.09. The van der Waals surface area contributed by atoms with E-state index in [9.17, 15) is 9.59 Å². The van der Waals surface area contributed by atoms with Crippen molar-refractivity contribution in [2.24, 2.45) is 7.05 Å². The first-order valence-electron chi connectivity index (χ1n) is 4.64. The molecule has 4 nitrogen and oxygen atoms in total. The number of pyridine rings is 1. The second kappa shape index (κ2) is 3.38. The third-order valence-corrected chi connectivity index (χ3v) is 2.44. The van der Waals surface area contributed by atoms with Crippen molar-refractivity contribution in [1.29, 1.82) is 0 Å². The minimum absolute atomic E-state index is 0.00731. The summed E-state index contributed by atoms with van der Waals surface area (Å²) in [6.07, 6.45) is 1.74. The molecule has 4 heteroatoms. The molecule has 1 aromatic heterocycles. The minimum atomic E-state index is -0.144. The Morgan fingerprint density at radius 2 is 2.07 bits per heavy atom. The summed E-state index contributed by atoms with van der Waals surface area (Å²) in [5.74, 6) is 0.395. The van der Waals surface area contributed by atoms with Crippen LogP contribution in [0.1, 0.15) is 12.5 Å². The van der Waals surface area contributed by atoms with Gasteiger partial charge in [0.1, 0.15) is 0 Å². The van der Waals surface area contributed by atoms with Crippen LogP contribution in [-0.2, 0) is 11.8 Å². The molecule has 15 heavy (non-hydrogen) atoms. The number of carbonyl (C=O) groups excluding carboxylic acids is 1. The number of ether oxygens (including phenoxy) is 1. The van der Waals surface area contributed by atoms with Crippen molar-refractivity contribution in [2.75, 3.05) is 6.61 Å². The van der Waals surface area contributed by atoms with Crippen molar-refractivity contribution in [3.63, 3.8) is 0 Å². The first-order valence-corrected chi connectivity index (χ1v) is 4.64. The monoisotopic (exact) mass is 205 g/mol. The third kappa shape index (κ3) is 1.58. The van der Waals surface area contributed by atoms with E-state index in [1.54, 1.807) is 26.1 Å². The van der Waals surface area contributed by atoms with Gasteiger partial charge in [-0.05, 0) is 24.6 Å². The first kappa shape index (κ1) is 9.71. The Hall–Kier alpha value is -1.84. The Labute approximate surface area is 86.8 Å². The van der Waals surface area contributed by atoms with Crippen LogP contribution in [-0.4, -0.2) is 17.0 Å². The van der Waals surface area contributed by atoms with Gasteiger partial charge in [-0.2, -0.15) is 0 Å². The van der Waals surface area contributed by atoms with Crippen LogP contribution in [0.5, 0.6) is 5.88 Å². The molecule has 0 spiro atoms. The Morgan fingerprint density at radius 3 is 2.80 bits per heavy atom. The summed E-state index contributed by atoms with van der Waals surface area (Å²) in [5, 5.41) is 0. The minimum Gasteiger partial charge on any atom is -0.470 e. The van der Waals surface area contributed by atoms with Gasteiger partial charge in [0.25, 0.3) is 5.56 Å². The van der Waals surface area contributed by atoms with Crippen LogP contribution in [0.15, 0.2) is 22.5 Å². The van der Waals surface area contributed by atoms with Crippen molar-refractivity contribution in [3.05, 3.63) is 33.6 Å². The van der Waals surface area contributed by atoms with E-state index in [-0.39, 0.29) is 17.9 Å². The average molecular weight is 205 g/mol. The predicted octanol–water partition coefficient (Wildman–Crippen LogP) is 0.750. The van der Waals surface area contributed by atoms with Crippen LogP contribution in [0.3, 0.4) is 0 Å². The molecule has 0 saturated heterocycles. The largest absolute Gasteiger partial charge is 0.470 e. The standard InChI is InChI=1S/C11H11NO3/c1-7-5-8-3-4-10(14)12(2)11(8)15-6-9(7)13/h3-5H,6H2,1-2H3. The number of Topliss-reactive ketones (excluding diaryl/α,β-unsaturated/α-hetero) is 1. The Morgan fingerprint density at radius 1 is 1.33 bits per heavy atom. The van der Waals surface area contributed by atoms with Crippen LogP contribution in [0.4, 0.5) is 0 Å². The maximum absolute atomic E-state index is 11.4. The lowest BCUT2D eigenvalue weighted by atomic mass is 10.1. The normalized spacial score (nSPS) is 15.1. The smallest absolute Gasteiger partial charge is 0.253 e. The summed E-state index contributed by atoms with van der Waals surface area (Å²) < 4.78 is 6.70. The zero-order valence-electron chi connectivity index (χ0n) is 8.61. The number of fused-ring (bicyclic) bond motifs is 1. The Kier molecular flexibility index (Phi) is 2.19. The SMILES string of the molecule is CC1=Cc2ccc(=O)n(C)c2OCC1=O. The fraction of sp³-hybridized carbons (Fsp3) is 0.273. The molecular formula is C11H11NO3. The van der Waals surface area contributed by atoms with Crippen LogP contribution in [0, 0.1) is 0 Å². The molecule has 0 radical (unpaired) electrons. The van der Waals surface area contributed by atoms with Gasteiger partial charge in [-0.25, -0.2) is 0 Å². The summed E-state index contributed by atoms with van der Waals surface area (Å²) in [7, 11) is 1.63. The highest BCUT2D eigenvalue weighted by atomic mass is 16.5. The molecule has 2 heterocycles. The number of hydrogen-bond donors (Lipinski definition) is 0. The quantitative estimate of drug-likeness (QED) is 0.628. The molecule has 0 fully saturated rings. The van der Waals surface area contributed by atoms with Gasteiger partial charge in [0.15, 0.2) is 12.4 Å². The van der Waals surface area contributed by atoms with E-state index < -0.39 is 0 Å². The predicted molar refractivity (Wildman–Crippen MR) is 55.8 cm³/mol. The topological polar surface area (TPSA) is 48.3 Å². The zero-order valence-corrected chi connectivity index (χ0v) is 8.61. The van der Waals surface area contributed by atoms with Crippen LogP contribution in [0.25, 0.3) is 6.08 Å². The lowest BCUT2D eigenvalue weighted by molar-refractivity contribution is -0.117. The second-order valence-corrected chi connectivity index (χ2v) is 3.53. The lowest BCUT2D eigenvalue weighted by Crippen LogP contribution is -2.19. The molecule has 0 aliphatic carbocycles. The van der Waals surface area contributed by atoms with E-state index in [1.165, 1.54) is 10.6 Å². The molecule has 0 atom stereocenters. The van der Waals surface area contributed by atoms with Crippen molar-refractivity contribution in [2.45, 2.75) is 6.92 Å². The van der Waals surface area contributed by atoms with E-state index >= 15 is 0 Å². The Balaban J connectivity index is 2.65. The molecule has 2 rings (SSSR count). The average Bonchev–Trinajstić information content (AvgIpc) is 2.35. The molecule has 0 saturated carbocycles. The lowest BCUT2D eigenvalue weighted by Gasteiger charge is -2.09. The van der Waals surface area contributed by atoms with Gasteiger partial charge in [0.2, 0.25) is 5.88 Å². The van der Waals surface area contributed by atoms with Gasteiger partial charge >= 0.3 is 0 Å². The summed E-state index contributed by atoms with van der Waals surface area (Å²) in [6.45, 7) is 1.73. The van der Waals surface area contributed by atoms with Gasteiger partial charge in [-0.15, -0.1) is 0 Å². The van der Waals surface area contributed by atoms with E-state index in [0.29, 0.717) is 11.5 Å². The maximum atomic E-state index is 11.4. The van der Waals surface area contributed by atoms with E-state index in [2.05, 4.69) is 0 Å². The van der Waals surface area contributed by atoms with Crippen LogP contribution < -0.4 is 10.3 Å². The van der Waals surface area contributed by atoms with Gasteiger partial charge in [-0.3, -0.25) is 14.2 Å². The van der Waals surface area contributed by atoms with E-state index in [4.69, 9.17) is 4.74 Å². The molecule has 0 unspecified atom stereocenters. The highest BCUT2D eigenvalue weighted by Crippen LogP contribution is 2.21. The molecule has 0 amide bonds. The van der Waals surface area contributed by atoms with E-state index in [1.807, 2.05) is 0 Å².